The molecule has 0 unspecified atom stereocenters. The normalized spacial score (nSPS) is 15.6. The number of hydrogen-bond acceptors (Lipinski definition) is 0. The first-order valence-electron chi connectivity index (χ1n) is 5.09. The van der Waals surface area contributed by atoms with Crippen LogP contribution in [0.1, 0.15) is 0 Å². The Kier molecular flexibility index (Phi) is 3.13. The maximum atomic E-state index is 12.7. The zero-order valence-electron chi connectivity index (χ0n) is 9.37. The molecule has 2 aromatic rings. The molecule has 0 nitrogen and oxygen atoms in total. The van der Waals surface area contributed by atoms with E-state index in [1.807, 2.05) is 0 Å². The molecule has 0 aliphatic heterocycles. The molecular weight excluding hydrogens is 398 g/mol. The third-order valence-corrected chi connectivity index (χ3v) is 5.97. The molecule has 0 saturated carbocycles. The third-order valence-electron chi connectivity index (χ3n) is 2.19. The van der Waals surface area contributed by atoms with Gasteiger partial charge < -0.3 is 0 Å². The van der Waals surface area contributed by atoms with Crippen LogP contribution >= 0.6 is 10.2 Å². The summed E-state index contributed by atoms with van der Waals surface area (Å²) in [5.41, 5.74) is 0. The molecule has 0 heterocycles. The van der Waals surface area contributed by atoms with E-state index in [1.165, 1.54) is 6.07 Å². The van der Waals surface area contributed by atoms with Gasteiger partial charge in [-0.15, -0.1) is 0 Å². The molecule has 0 fully saturated rings. The van der Waals surface area contributed by atoms with E-state index >= 15 is 0 Å². The van der Waals surface area contributed by atoms with Crippen LogP contribution in [0.15, 0.2) is 59.5 Å². The van der Waals surface area contributed by atoms with Gasteiger partial charge in [-0.2, -0.15) is 0 Å². The van der Waals surface area contributed by atoms with Gasteiger partial charge in [0.2, 0.25) is 0 Å². The van der Waals surface area contributed by atoms with Gasteiger partial charge in [-0.1, -0.05) is 43.7 Å². The molecule has 0 N–H and O–H groups in total. The summed E-state index contributed by atoms with van der Waals surface area (Å²) in [7, 11) is -9.57. The number of rotatable bonds is 3. The molecule has 0 aromatic heterocycles. The van der Waals surface area contributed by atoms with Crippen LogP contribution in [0.4, 0.5) is 19.4 Å². The summed E-state index contributed by atoms with van der Waals surface area (Å²) in [5, 5.41) is 0. The Bertz CT molecular complexity index is 594. The fourth-order valence-electron chi connectivity index (χ4n) is 1.37. The molecule has 0 radical (unpaired) electrons. The largest absolute Gasteiger partial charge is 0.357 e. The first kappa shape index (κ1) is 14.6. The summed E-state index contributed by atoms with van der Waals surface area (Å²) >= 11 is -0.896. The van der Waals surface area contributed by atoms with E-state index in [0.717, 1.165) is 9.64 Å². The van der Waals surface area contributed by atoms with Crippen molar-refractivity contribution in [1.82, 2.24) is 0 Å². The van der Waals surface area contributed by atoms with E-state index in [4.69, 9.17) is 0 Å². The summed E-state index contributed by atoms with van der Waals surface area (Å²) in [6.45, 7) is 0. The molecule has 0 saturated heterocycles. The lowest BCUT2D eigenvalue weighted by Crippen LogP contribution is -3.61. The van der Waals surface area contributed by atoms with Gasteiger partial charge in [0.1, 0.15) is 4.90 Å². The summed E-state index contributed by atoms with van der Waals surface area (Å²) < 4.78 is 64.6. The standard InChI is InChI=1S/C12H9F5IS/c13-19(14,15,16,17)12-8-4-7-11(9-12)18-10-5-2-1-3-6-10/h1-9H/q+1. The van der Waals surface area contributed by atoms with E-state index in [-0.39, 0.29) is 0 Å². The highest BCUT2D eigenvalue weighted by atomic mass is 127. The zero-order chi connectivity index (χ0) is 14.2. The third kappa shape index (κ3) is 4.07. The fourth-order valence-corrected chi connectivity index (χ4v) is 4.64. The van der Waals surface area contributed by atoms with E-state index in [1.54, 1.807) is 30.3 Å². The zero-order valence-corrected chi connectivity index (χ0v) is 12.3. The Morgan fingerprint density at radius 2 is 1.26 bits per heavy atom. The van der Waals surface area contributed by atoms with Crippen molar-refractivity contribution in [3.8, 4) is 0 Å². The van der Waals surface area contributed by atoms with Crippen LogP contribution in [0.3, 0.4) is 0 Å². The molecule has 7 heteroatoms. The molecule has 0 bridgehead atoms. The smallest absolute Gasteiger partial charge is 0.0936 e. The van der Waals surface area contributed by atoms with Crippen molar-refractivity contribution in [2.45, 2.75) is 4.90 Å². The highest BCUT2D eigenvalue weighted by Crippen LogP contribution is 3.02. The minimum Gasteiger partial charge on any atom is -0.0936 e. The van der Waals surface area contributed by atoms with Crippen molar-refractivity contribution in [2.24, 2.45) is 0 Å². The van der Waals surface area contributed by atoms with Crippen molar-refractivity contribution in [3.63, 3.8) is 0 Å². The molecule has 0 atom stereocenters. The van der Waals surface area contributed by atoms with Gasteiger partial charge in [0, 0.05) is 6.07 Å². The molecule has 2 rings (SSSR count). The van der Waals surface area contributed by atoms with Crippen LogP contribution in [0.25, 0.3) is 0 Å². The van der Waals surface area contributed by atoms with E-state index in [2.05, 4.69) is 0 Å². The van der Waals surface area contributed by atoms with Crippen molar-refractivity contribution in [1.29, 1.82) is 0 Å². The van der Waals surface area contributed by atoms with E-state index < -0.39 is 36.3 Å². The molecule has 0 amide bonds. The quantitative estimate of drug-likeness (QED) is 0.542. The summed E-state index contributed by atoms with van der Waals surface area (Å²) in [5.74, 6) is 0. The van der Waals surface area contributed by atoms with Gasteiger partial charge >= 0.3 is 31.4 Å². The summed E-state index contributed by atoms with van der Waals surface area (Å²) in [4.78, 5) is -1.81. The van der Waals surface area contributed by atoms with Crippen LogP contribution < -0.4 is 21.2 Å². The van der Waals surface area contributed by atoms with Crippen molar-refractivity contribution in [2.75, 3.05) is 0 Å². The minimum absolute atomic E-state index is 0.316. The van der Waals surface area contributed by atoms with Crippen LogP contribution in [0.5, 0.6) is 0 Å². The fraction of sp³-hybridized carbons (Fsp3) is 0. The lowest BCUT2D eigenvalue weighted by Gasteiger charge is -2.40. The minimum atomic E-state index is -9.57. The lowest BCUT2D eigenvalue weighted by molar-refractivity contribution is -0.597. The maximum absolute atomic E-state index is 12.7. The van der Waals surface area contributed by atoms with E-state index in [0.29, 0.717) is 15.7 Å². The molecule has 19 heavy (non-hydrogen) atoms. The number of hydrogen-bond donors (Lipinski definition) is 0. The predicted octanol–water partition coefficient (Wildman–Crippen LogP) is 2.47. The predicted molar refractivity (Wildman–Crippen MR) is 61.7 cm³/mol. The van der Waals surface area contributed by atoms with Crippen LogP contribution in [-0.2, 0) is 0 Å². The Labute approximate surface area is 117 Å². The highest BCUT2D eigenvalue weighted by Gasteiger charge is 2.65. The van der Waals surface area contributed by atoms with Crippen LogP contribution in [0.2, 0.25) is 0 Å². The molecule has 0 aliphatic carbocycles. The van der Waals surface area contributed by atoms with Crippen molar-refractivity contribution < 1.29 is 40.6 Å². The maximum Gasteiger partial charge on any atom is 0.357 e. The Morgan fingerprint density at radius 1 is 0.684 bits per heavy atom. The van der Waals surface area contributed by atoms with Crippen LogP contribution in [-0.4, -0.2) is 0 Å². The summed E-state index contributed by atoms with van der Waals surface area (Å²) in [6.07, 6.45) is 0. The van der Waals surface area contributed by atoms with Gasteiger partial charge in [0.15, 0.2) is 7.14 Å². The SMILES string of the molecule is FS(F)(F)(F)(F)c1cccc([I+]c2ccccc2)c1. The van der Waals surface area contributed by atoms with Gasteiger partial charge in [-0.25, -0.2) is 0 Å². The highest BCUT2D eigenvalue weighted by molar-refractivity contribution is 8.45. The molecule has 0 aliphatic rings. The number of halogens is 6. The average Bonchev–Trinajstić information content (AvgIpc) is 2.28. The second-order valence-corrected chi connectivity index (χ2v) is 9.26. The molecule has 104 valence electrons. The van der Waals surface area contributed by atoms with Gasteiger partial charge in [-0.3, -0.25) is 0 Å². The Balaban J connectivity index is 2.37. The average molecular weight is 407 g/mol. The van der Waals surface area contributed by atoms with Gasteiger partial charge in [0.05, 0.1) is 0 Å². The summed E-state index contributed by atoms with van der Waals surface area (Å²) in [6, 6.07) is 12.4. The Hall–Kier alpha value is -0.830. The van der Waals surface area contributed by atoms with E-state index in [9.17, 15) is 19.4 Å². The van der Waals surface area contributed by atoms with Gasteiger partial charge in [0.25, 0.3) is 0 Å². The van der Waals surface area contributed by atoms with Crippen molar-refractivity contribution in [3.05, 3.63) is 61.7 Å². The molecular formula is C12H9F5IS+. The molecule has 2 aromatic carbocycles. The van der Waals surface area contributed by atoms with Crippen LogP contribution in [0, 0.1) is 7.14 Å². The second kappa shape index (κ2) is 4.08. The lowest BCUT2D eigenvalue weighted by atomic mass is 10.4. The number of benzene rings is 2. The molecule has 0 spiro atoms. The van der Waals surface area contributed by atoms with Gasteiger partial charge in [-0.05, 0) is 24.3 Å². The van der Waals surface area contributed by atoms with Crippen molar-refractivity contribution >= 4 is 10.2 Å². The Morgan fingerprint density at radius 3 is 1.84 bits per heavy atom. The second-order valence-electron chi connectivity index (χ2n) is 3.82. The first-order valence-corrected chi connectivity index (χ1v) is 9.19. The monoisotopic (exact) mass is 407 g/mol. The topological polar surface area (TPSA) is 0 Å². The first-order chi connectivity index (χ1) is 8.54.